The van der Waals surface area contributed by atoms with E-state index in [1.165, 1.54) is 12.7 Å². The third kappa shape index (κ3) is 3.77. The average molecular weight is 355 g/mol. The number of methoxy groups -OCH3 is 2. The zero-order valence-electron chi connectivity index (χ0n) is 15.4. The number of aryl methyl sites for hydroxylation is 1. The molecule has 26 heavy (non-hydrogen) atoms. The van der Waals surface area contributed by atoms with E-state index in [-0.39, 0.29) is 23.5 Å². The lowest BCUT2D eigenvalue weighted by atomic mass is 9.82. The third-order valence-corrected chi connectivity index (χ3v) is 5.08. The summed E-state index contributed by atoms with van der Waals surface area (Å²) in [4.78, 5) is 12.4. The molecule has 2 N–H and O–H groups in total. The quantitative estimate of drug-likeness (QED) is 0.864. The number of amides is 1. The van der Waals surface area contributed by atoms with Crippen molar-refractivity contribution in [2.75, 3.05) is 20.8 Å². The summed E-state index contributed by atoms with van der Waals surface area (Å²) in [6.45, 7) is 2.68. The second-order valence-corrected chi connectivity index (χ2v) is 6.81. The maximum absolute atomic E-state index is 12.4. The Morgan fingerprint density at radius 2 is 1.88 bits per heavy atom. The lowest BCUT2D eigenvalue weighted by molar-refractivity contribution is -0.126. The van der Waals surface area contributed by atoms with Gasteiger partial charge in [0.25, 0.3) is 0 Å². The van der Waals surface area contributed by atoms with Crippen LogP contribution in [-0.2, 0) is 11.2 Å². The molecule has 3 rings (SSSR count). The van der Waals surface area contributed by atoms with Gasteiger partial charge in [0, 0.05) is 18.4 Å². The van der Waals surface area contributed by atoms with Crippen molar-refractivity contribution in [1.82, 2.24) is 5.32 Å². The molecule has 0 spiro atoms. The molecule has 1 aliphatic heterocycles. The van der Waals surface area contributed by atoms with E-state index in [4.69, 9.17) is 9.47 Å². The number of benzene rings is 2. The van der Waals surface area contributed by atoms with Gasteiger partial charge in [-0.1, -0.05) is 18.2 Å². The van der Waals surface area contributed by atoms with Gasteiger partial charge in [-0.15, -0.1) is 0 Å². The van der Waals surface area contributed by atoms with Gasteiger partial charge in [0.05, 0.1) is 14.2 Å². The summed E-state index contributed by atoms with van der Waals surface area (Å²) in [5.41, 5.74) is 3.30. The molecule has 0 radical (unpaired) electrons. The van der Waals surface area contributed by atoms with Gasteiger partial charge in [0.1, 0.15) is 5.75 Å². The Hall–Kier alpha value is -2.69. The largest absolute Gasteiger partial charge is 0.504 e. The van der Waals surface area contributed by atoms with Crippen molar-refractivity contribution in [3.63, 3.8) is 0 Å². The highest BCUT2D eigenvalue weighted by Gasteiger charge is 2.30. The van der Waals surface area contributed by atoms with E-state index in [1.54, 1.807) is 19.2 Å². The van der Waals surface area contributed by atoms with E-state index in [2.05, 4.69) is 17.4 Å². The Morgan fingerprint density at radius 3 is 2.58 bits per heavy atom. The van der Waals surface area contributed by atoms with Crippen molar-refractivity contribution in [2.45, 2.75) is 25.7 Å². The van der Waals surface area contributed by atoms with Crippen molar-refractivity contribution in [1.29, 1.82) is 0 Å². The minimum Gasteiger partial charge on any atom is -0.504 e. The Balaban J connectivity index is 1.76. The minimum atomic E-state index is -0.106. The molecule has 0 aliphatic carbocycles. The molecule has 5 nitrogen and oxygen atoms in total. The van der Waals surface area contributed by atoms with Gasteiger partial charge < -0.3 is 19.9 Å². The molecule has 0 aromatic heterocycles. The molecule has 0 bridgehead atoms. The first kappa shape index (κ1) is 18.1. The van der Waals surface area contributed by atoms with E-state index in [1.807, 2.05) is 19.1 Å². The number of phenols is 1. The average Bonchev–Trinajstić information content (AvgIpc) is 2.65. The molecular formula is C21H25NO4. The fourth-order valence-corrected chi connectivity index (χ4v) is 3.62. The molecule has 1 fully saturated rings. The Bertz CT molecular complexity index is 803. The number of ether oxygens (including phenoxy) is 2. The number of carbonyl (C=O) groups excluding carboxylic acids is 1. The van der Waals surface area contributed by atoms with Crippen molar-refractivity contribution >= 4 is 5.91 Å². The van der Waals surface area contributed by atoms with Crippen LogP contribution in [0.25, 0.3) is 0 Å². The fraction of sp³-hybridized carbons (Fsp3) is 0.381. The predicted molar refractivity (Wildman–Crippen MR) is 100.0 cm³/mol. The van der Waals surface area contributed by atoms with Gasteiger partial charge in [0.15, 0.2) is 11.5 Å². The number of hydrogen-bond donors (Lipinski definition) is 2. The minimum absolute atomic E-state index is 0.0820. The Kier molecular flexibility index (Phi) is 5.35. The Morgan fingerprint density at radius 1 is 1.12 bits per heavy atom. The number of rotatable bonds is 5. The smallest absolute Gasteiger partial charge is 0.223 e. The van der Waals surface area contributed by atoms with Gasteiger partial charge in [-0.2, -0.15) is 0 Å². The van der Waals surface area contributed by atoms with Crippen molar-refractivity contribution < 1.29 is 19.4 Å². The van der Waals surface area contributed by atoms with Gasteiger partial charge in [0.2, 0.25) is 5.91 Å². The van der Waals surface area contributed by atoms with Gasteiger partial charge in [-0.05, 0) is 54.7 Å². The molecule has 2 atom stereocenters. The lowest BCUT2D eigenvalue weighted by Gasteiger charge is -2.30. The standard InChI is InChI=1S/C21H25NO4/c1-13-8-15(5-7-19(13)25-2)17-11-16(21(24)22-12-17)9-14-4-6-18(23)20(10-14)26-3/h4-8,10,16-17,23H,9,11-12H2,1-3H3,(H,22,24)/t16?,17-/m1/s1. The number of piperidine rings is 1. The summed E-state index contributed by atoms with van der Waals surface area (Å²) in [7, 11) is 3.19. The van der Waals surface area contributed by atoms with E-state index in [0.29, 0.717) is 18.7 Å². The molecular weight excluding hydrogens is 330 g/mol. The molecule has 138 valence electrons. The van der Waals surface area contributed by atoms with Crippen LogP contribution in [0.4, 0.5) is 0 Å². The number of nitrogens with one attached hydrogen (secondary N) is 1. The first-order valence-electron chi connectivity index (χ1n) is 8.80. The first-order valence-corrected chi connectivity index (χ1v) is 8.80. The maximum Gasteiger partial charge on any atom is 0.223 e. The highest BCUT2D eigenvalue weighted by Crippen LogP contribution is 2.33. The van der Waals surface area contributed by atoms with E-state index >= 15 is 0 Å². The molecule has 5 heteroatoms. The zero-order valence-corrected chi connectivity index (χ0v) is 15.4. The summed E-state index contributed by atoms with van der Waals surface area (Å²) < 4.78 is 10.5. The molecule has 1 saturated heterocycles. The Labute approximate surface area is 153 Å². The van der Waals surface area contributed by atoms with Crippen LogP contribution in [0, 0.1) is 12.8 Å². The summed E-state index contributed by atoms with van der Waals surface area (Å²) in [5, 5.41) is 12.8. The molecule has 0 saturated carbocycles. The maximum atomic E-state index is 12.4. The normalized spacial score (nSPS) is 19.7. The van der Waals surface area contributed by atoms with Gasteiger partial charge in [-0.25, -0.2) is 0 Å². The van der Waals surface area contributed by atoms with E-state index < -0.39 is 0 Å². The summed E-state index contributed by atoms with van der Waals surface area (Å²) >= 11 is 0. The second-order valence-electron chi connectivity index (χ2n) is 6.81. The lowest BCUT2D eigenvalue weighted by Crippen LogP contribution is -2.41. The van der Waals surface area contributed by atoms with Crippen molar-refractivity contribution in [3.8, 4) is 17.2 Å². The predicted octanol–water partition coefficient (Wildman–Crippen LogP) is 3.18. The monoisotopic (exact) mass is 355 g/mol. The van der Waals surface area contributed by atoms with Gasteiger partial charge >= 0.3 is 0 Å². The molecule has 2 aromatic carbocycles. The fourth-order valence-electron chi connectivity index (χ4n) is 3.62. The second kappa shape index (κ2) is 7.68. The van der Waals surface area contributed by atoms with Crippen molar-refractivity contribution in [3.05, 3.63) is 53.1 Å². The number of carbonyl (C=O) groups is 1. The van der Waals surface area contributed by atoms with Crippen LogP contribution in [0.1, 0.15) is 29.0 Å². The highest BCUT2D eigenvalue weighted by atomic mass is 16.5. The third-order valence-electron chi connectivity index (χ3n) is 5.08. The first-order chi connectivity index (χ1) is 12.5. The van der Waals surface area contributed by atoms with Crippen molar-refractivity contribution in [2.24, 2.45) is 5.92 Å². The zero-order chi connectivity index (χ0) is 18.7. The van der Waals surface area contributed by atoms with E-state index in [9.17, 15) is 9.90 Å². The number of hydrogen-bond acceptors (Lipinski definition) is 4. The van der Waals surface area contributed by atoms with Crippen LogP contribution in [0.3, 0.4) is 0 Å². The van der Waals surface area contributed by atoms with Crippen LogP contribution in [0.2, 0.25) is 0 Å². The summed E-state index contributed by atoms with van der Waals surface area (Å²) in [6, 6.07) is 11.5. The highest BCUT2D eigenvalue weighted by molar-refractivity contribution is 5.80. The number of aromatic hydroxyl groups is 1. The molecule has 1 amide bonds. The SMILES string of the molecule is COc1ccc([C@H]2CNC(=O)C(Cc3ccc(O)c(OC)c3)C2)cc1C. The number of phenolic OH excluding ortho intramolecular Hbond substituents is 1. The van der Waals surface area contributed by atoms with Crippen LogP contribution < -0.4 is 14.8 Å². The summed E-state index contributed by atoms with van der Waals surface area (Å²) in [6.07, 6.45) is 1.41. The van der Waals surface area contributed by atoms with E-state index in [0.717, 1.165) is 23.3 Å². The summed E-state index contributed by atoms with van der Waals surface area (Å²) in [5.74, 6) is 1.67. The van der Waals surface area contributed by atoms with Crippen LogP contribution in [-0.4, -0.2) is 31.8 Å². The topological polar surface area (TPSA) is 67.8 Å². The molecule has 1 heterocycles. The van der Waals surface area contributed by atoms with Gasteiger partial charge in [-0.3, -0.25) is 4.79 Å². The molecule has 1 unspecified atom stereocenters. The molecule has 1 aliphatic rings. The van der Waals surface area contributed by atoms with Crippen LogP contribution in [0.15, 0.2) is 36.4 Å². The molecule has 2 aromatic rings. The van der Waals surface area contributed by atoms with Crippen LogP contribution in [0.5, 0.6) is 17.2 Å². The van der Waals surface area contributed by atoms with Crippen LogP contribution >= 0.6 is 0 Å².